The van der Waals surface area contributed by atoms with E-state index < -0.39 is 11.9 Å². The van der Waals surface area contributed by atoms with E-state index in [2.05, 4.69) is 29.1 Å². The van der Waals surface area contributed by atoms with Gasteiger partial charge in [0.1, 0.15) is 5.82 Å². The Hall–Kier alpha value is -2.06. The molecule has 1 aliphatic rings. The molecule has 0 aromatic carbocycles. The van der Waals surface area contributed by atoms with Gasteiger partial charge < -0.3 is 15.0 Å². The Labute approximate surface area is 179 Å². The highest BCUT2D eigenvalue weighted by Gasteiger charge is 2.38. The Morgan fingerprint density at radius 2 is 2.03 bits per heavy atom. The van der Waals surface area contributed by atoms with E-state index in [1.54, 1.807) is 0 Å². The molecule has 1 atom stereocenters. The first kappa shape index (κ1) is 21.6. The van der Waals surface area contributed by atoms with Crippen LogP contribution in [0.4, 0.5) is 5.82 Å². The second-order valence-corrected chi connectivity index (χ2v) is 9.81. The zero-order valence-corrected chi connectivity index (χ0v) is 19.2. The van der Waals surface area contributed by atoms with Gasteiger partial charge in [0.25, 0.3) is 5.56 Å². The molecule has 2 aromatic heterocycles. The van der Waals surface area contributed by atoms with Crippen LogP contribution >= 0.6 is 23.1 Å². The predicted molar refractivity (Wildman–Crippen MR) is 119 cm³/mol. The summed E-state index contributed by atoms with van der Waals surface area (Å²) in [5, 5.41) is 5.74. The molecule has 0 fully saturated rings. The number of hydrogen-bond acceptors (Lipinski definition) is 7. The Morgan fingerprint density at radius 3 is 2.62 bits per heavy atom. The Bertz CT molecular complexity index is 1000. The first-order valence-corrected chi connectivity index (χ1v) is 11.5. The first-order chi connectivity index (χ1) is 13.7. The number of carbonyl (C=O) groups is 1. The highest BCUT2D eigenvalue weighted by atomic mass is 32.2. The maximum absolute atomic E-state index is 13.1. The Balaban J connectivity index is 2.14. The molecule has 0 unspecified atom stereocenters. The van der Waals surface area contributed by atoms with Crippen LogP contribution in [0.5, 0.6) is 0 Å². The van der Waals surface area contributed by atoms with Gasteiger partial charge in [0.05, 0.1) is 23.2 Å². The first-order valence-electron chi connectivity index (χ1n) is 9.68. The van der Waals surface area contributed by atoms with Gasteiger partial charge in [-0.25, -0.2) is 9.78 Å². The van der Waals surface area contributed by atoms with Crippen LogP contribution in [0.15, 0.2) is 32.7 Å². The molecular formula is C21H27N3O3S2. The Morgan fingerprint density at radius 1 is 1.31 bits per heavy atom. The molecule has 156 valence electrons. The number of fused-ring (bicyclic) bond motifs is 1. The number of thiophene rings is 1. The predicted octanol–water partition coefficient (Wildman–Crippen LogP) is 4.67. The number of H-pyrrole nitrogens is 1. The summed E-state index contributed by atoms with van der Waals surface area (Å²) in [6, 6.07) is 2.00. The van der Waals surface area contributed by atoms with Crippen molar-refractivity contribution in [3.05, 3.63) is 49.1 Å². The number of aromatic amines is 1. The molecule has 0 saturated heterocycles. The van der Waals surface area contributed by atoms with Crippen molar-refractivity contribution in [3.8, 4) is 0 Å². The minimum absolute atomic E-state index is 0.228. The van der Waals surface area contributed by atoms with Gasteiger partial charge in [-0.15, -0.1) is 11.3 Å². The quantitative estimate of drug-likeness (QED) is 0.391. The number of anilines is 1. The molecular weight excluding hydrogens is 406 g/mol. The van der Waals surface area contributed by atoms with Gasteiger partial charge in [0.15, 0.2) is 5.16 Å². The number of nitrogens with one attached hydrogen (secondary N) is 2. The van der Waals surface area contributed by atoms with Crippen LogP contribution in [-0.4, -0.2) is 27.8 Å². The van der Waals surface area contributed by atoms with Gasteiger partial charge in [0.2, 0.25) is 0 Å². The molecule has 0 amide bonds. The molecule has 2 N–H and O–H groups in total. The largest absolute Gasteiger partial charge is 0.460 e. The van der Waals surface area contributed by atoms with Crippen LogP contribution in [0.2, 0.25) is 0 Å². The lowest BCUT2D eigenvalue weighted by atomic mass is 9.85. The van der Waals surface area contributed by atoms with Crippen molar-refractivity contribution in [2.75, 3.05) is 11.1 Å². The average Bonchev–Trinajstić information content (AvgIpc) is 3.03. The molecule has 0 saturated carbocycles. The van der Waals surface area contributed by atoms with Crippen molar-refractivity contribution in [2.45, 2.75) is 58.7 Å². The molecule has 8 heteroatoms. The fraction of sp³-hybridized carbons (Fsp3) is 0.476. The molecule has 3 heterocycles. The van der Waals surface area contributed by atoms with E-state index in [1.807, 2.05) is 39.1 Å². The summed E-state index contributed by atoms with van der Waals surface area (Å²) in [6.07, 6.45) is -0.250. The maximum Gasteiger partial charge on any atom is 0.337 e. The number of carbonyl (C=O) groups excluding carboxylic acids is 1. The van der Waals surface area contributed by atoms with Crippen LogP contribution < -0.4 is 10.9 Å². The second-order valence-electron chi connectivity index (χ2n) is 7.86. The summed E-state index contributed by atoms with van der Waals surface area (Å²) in [5.74, 6) is 0.936. The van der Waals surface area contributed by atoms with Crippen molar-refractivity contribution in [2.24, 2.45) is 5.92 Å². The lowest BCUT2D eigenvalue weighted by molar-refractivity contribution is -0.142. The number of allylic oxidation sites excluding steroid dienone is 1. The number of aryl methyl sites for hydroxylation is 1. The van der Waals surface area contributed by atoms with E-state index in [4.69, 9.17) is 4.74 Å². The van der Waals surface area contributed by atoms with Gasteiger partial charge in [-0.3, -0.25) is 4.79 Å². The fourth-order valence-corrected chi connectivity index (χ4v) is 5.09. The topological polar surface area (TPSA) is 84.1 Å². The third-order valence-electron chi connectivity index (χ3n) is 4.50. The van der Waals surface area contributed by atoms with E-state index in [0.29, 0.717) is 33.7 Å². The number of hydrogen-bond donors (Lipinski definition) is 2. The monoisotopic (exact) mass is 433 g/mol. The minimum Gasteiger partial charge on any atom is -0.460 e. The molecule has 0 radical (unpaired) electrons. The van der Waals surface area contributed by atoms with Gasteiger partial charge in [0, 0.05) is 16.3 Å². The van der Waals surface area contributed by atoms with Gasteiger partial charge >= 0.3 is 5.97 Å². The lowest BCUT2D eigenvalue weighted by Gasteiger charge is -2.29. The smallest absolute Gasteiger partial charge is 0.337 e. The average molecular weight is 434 g/mol. The van der Waals surface area contributed by atoms with Crippen LogP contribution in [0.25, 0.3) is 0 Å². The van der Waals surface area contributed by atoms with Crippen molar-refractivity contribution < 1.29 is 9.53 Å². The van der Waals surface area contributed by atoms with E-state index in [9.17, 15) is 9.59 Å². The number of ether oxygens (including phenoxy) is 1. The summed E-state index contributed by atoms with van der Waals surface area (Å²) in [4.78, 5) is 34.6. The van der Waals surface area contributed by atoms with E-state index in [-0.39, 0.29) is 11.7 Å². The standard InChI is InChI=1S/C21H27N3O3S2/c1-10(2)9-29-21-23-18-16(19(25)24-21)15(17-12(5)7-8-28-17)14(13(6)22-18)20(26)27-11(3)4/h7-8,10-11,15H,9H2,1-6H3,(H2,22,23,24,25)/t15-/m0/s1. The second kappa shape index (κ2) is 8.75. The maximum atomic E-state index is 13.1. The molecule has 29 heavy (non-hydrogen) atoms. The molecule has 0 aliphatic carbocycles. The van der Waals surface area contributed by atoms with Gasteiger partial charge in [-0.05, 0) is 50.6 Å². The molecule has 0 spiro atoms. The zero-order valence-electron chi connectivity index (χ0n) is 17.6. The third kappa shape index (κ3) is 4.59. The highest BCUT2D eigenvalue weighted by Crippen LogP contribution is 2.43. The Kier molecular flexibility index (Phi) is 6.53. The SMILES string of the molecule is CC1=C(C(=O)OC(C)C)[C@H](c2sccc2C)c2c(nc(SCC(C)C)[nH]c2=O)N1. The fourth-order valence-electron chi connectivity index (χ4n) is 3.24. The molecule has 3 rings (SSSR count). The zero-order chi connectivity index (χ0) is 21.3. The van der Waals surface area contributed by atoms with E-state index >= 15 is 0 Å². The van der Waals surface area contributed by atoms with Crippen LogP contribution in [0, 0.1) is 12.8 Å². The van der Waals surface area contributed by atoms with Gasteiger partial charge in [-0.2, -0.15) is 0 Å². The summed E-state index contributed by atoms with van der Waals surface area (Å²) in [7, 11) is 0. The van der Waals surface area contributed by atoms with Crippen molar-refractivity contribution >= 4 is 34.9 Å². The number of rotatable bonds is 6. The van der Waals surface area contributed by atoms with Crippen molar-refractivity contribution in [1.29, 1.82) is 0 Å². The summed E-state index contributed by atoms with van der Waals surface area (Å²) < 4.78 is 5.50. The van der Waals surface area contributed by atoms with Crippen LogP contribution in [0.3, 0.4) is 0 Å². The number of thioether (sulfide) groups is 1. The number of esters is 1. The summed E-state index contributed by atoms with van der Waals surface area (Å²) in [6.45, 7) is 11.7. The van der Waals surface area contributed by atoms with E-state index in [0.717, 1.165) is 16.2 Å². The molecule has 6 nitrogen and oxygen atoms in total. The van der Waals surface area contributed by atoms with Crippen molar-refractivity contribution in [3.63, 3.8) is 0 Å². The highest BCUT2D eigenvalue weighted by molar-refractivity contribution is 7.99. The van der Waals surface area contributed by atoms with Crippen LogP contribution in [-0.2, 0) is 9.53 Å². The molecule has 2 aromatic rings. The minimum atomic E-state index is -0.502. The van der Waals surface area contributed by atoms with Crippen molar-refractivity contribution in [1.82, 2.24) is 9.97 Å². The summed E-state index contributed by atoms with van der Waals surface area (Å²) in [5.41, 5.74) is 2.40. The van der Waals surface area contributed by atoms with Gasteiger partial charge in [-0.1, -0.05) is 25.6 Å². The van der Waals surface area contributed by atoms with Crippen LogP contribution in [0.1, 0.15) is 56.5 Å². The summed E-state index contributed by atoms with van der Waals surface area (Å²) >= 11 is 3.06. The number of nitrogens with zero attached hydrogens (tertiary/aromatic N) is 1. The number of aromatic nitrogens is 2. The lowest BCUT2D eigenvalue weighted by Crippen LogP contribution is -2.31. The normalized spacial score (nSPS) is 16.2. The third-order valence-corrected chi connectivity index (χ3v) is 6.88. The van der Waals surface area contributed by atoms with E-state index in [1.165, 1.54) is 23.1 Å². The molecule has 0 bridgehead atoms. The molecule has 1 aliphatic heterocycles.